The molecule has 3 heterocycles. The van der Waals surface area contributed by atoms with Crippen molar-refractivity contribution in [2.75, 3.05) is 0 Å². The minimum Gasteiger partial charge on any atom is -0.462 e. The molecule has 0 radical (unpaired) electrons. The number of nitrogens with zero attached hydrogens (tertiary/aromatic N) is 3. The molecule has 120 valence electrons. The van der Waals surface area contributed by atoms with Crippen LogP contribution in [0.5, 0.6) is 0 Å². The van der Waals surface area contributed by atoms with Crippen molar-refractivity contribution in [3.8, 4) is 11.4 Å². The van der Waals surface area contributed by atoms with E-state index in [2.05, 4.69) is 10.1 Å². The largest absolute Gasteiger partial charge is 0.462 e. The van der Waals surface area contributed by atoms with Crippen molar-refractivity contribution >= 4 is 45.6 Å². The molecule has 0 aliphatic heterocycles. The van der Waals surface area contributed by atoms with Gasteiger partial charge >= 0.3 is 0 Å². The summed E-state index contributed by atoms with van der Waals surface area (Å²) in [7, 11) is 0. The predicted octanol–water partition coefficient (Wildman–Crippen LogP) is 3.57. The summed E-state index contributed by atoms with van der Waals surface area (Å²) in [4.78, 5) is 17.4. The molecule has 0 aliphatic carbocycles. The Morgan fingerprint density at radius 3 is 2.75 bits per heavy atom. The van der Waals surface area contributed by atoms with Gasteiger partial charge in [0.05, 0.1) is 5.02 Å². The third kappa shape index (κ3) is 2.62. The minimum atomic E-state index is -0.243. The molecule has 0 saturated carbocycles. The second-order valence-electron chi connectivity index (χ2n) is 5.12. The average molecular weight is 378 g/mol. The summed E-state index contributed by atoms with van der Waals surface area (Å²) in [5.74, 6) is 1.79. The molecule has 0 saturated heterocycles. The highest BCUT2D eigenvalue weighted by molar-refractivity contribution is 7.15. The molecule has 4 rings (SSSR count). The van der Waals surface area contributed by atoms with Crippen molar-refractivity contribution < 1.29 is 4.42 Å². The number of benzene rings is 1. The molecule has 0 fully saturated rings. The van der Waals surface area contributed by atoms with Crippen molar-refractivity contribution in [3.05, 3.63) is 66.8 Å². The zero-order chi connectivity index (χ0) is 16.8. The third-order valence-electron chi connectivity index (χ3n) is 3.39. The van der Waals surface area contributed by atoms with Crippen LogP contribution < -0.4 is 10.1 Å². The summed E-state index contributed by atoms with van der Waals surface area (Å²) in [5.41, 5.74) is 0.386. The van der Waals surface area contributed by atoms with Gasteiger partial charge < -0.3 is 4.42 Å². The highest BCUT2D eigenvalue weighted by atomic mass is 35.5. The van der Waals surface area contributed by atoms with E-state index in [0.29, 0.717) is 36.7 Å². The Morgan fingerprint density at radius 2 is 2.08 bits per heavy atom. The maximum atomic E-state index is 12.5. The predicted molar refractivity (Wildman–Crippen MR) is 94.8 cm³/mol. The number of halogens is 2. The van der Waals surface area contributed by atoms with Gasteiger partial charge in [0.1, 0.15) is 16.1 Å². The first-order chi connectivity index (χ1) is 11.5. The minimum absolute atomic E-state index is 0.243. The molecule has 3 aromatic heterocycles. The number of fused-ring (bicyclic) bond motifs is 1. The van der Waals surface area contributed by atoms with Crippen LogP contribution in [-0.4, -0.2) is 14.6 Å². The van der Waals surface area contributed by atoms with Gasteiger partial charge in [-0.15, -0.1) is 5.10 Å². The lowest BCUT2D eigenvalue weighted by Crippen LogP contribution is -2.23. The first kappa shape index (κ1) is 15.4. The van der Waals surface area contributed by atoms with Crippen molar-refractivity contribution in [2.45, 2.75) is 6.92 Å². The fourth-order valence-corrected chi connectivity index (χ4v) is 3.66. The number of rotatable bonds is 2. The van der Waals surface area contributed by atoms with E-state index in [0.717, 1.165) is 5.76 Å². The van der Waals surface area contributed by atoms with Crippen LogP contribution in [0.4, 0.5) is 0 Å². The summed E-state index contributed by atoms with van der Waals surface area (Å²) in [6.45, 7) is 1.85. The Bertz CT molecular complexity index is 1180. The number of hydrogen-bond donors (Lipinski definition) is 0. The van der Waals surface area contributed by atoms with Gasteiger partial charge in [0, 0.05) is 16.7 Å². The van der Waals surface area contributed by atoms with Crippen LogP contribution in [0.15, 0.2) is 39.5 Å². The van der Waals surface area contributed by atoms with Crippen LogP contribution in [0.2, 0.25) is 10.0 Å². The lowest BCUT2D eigenvalue weighted by molar-refractivity contribution is 0.525. The van der Waals surface area contributed by atoms with Gasteiger partial charge in [-0.05, 0) is 37.3 Å². The van der Waals surface area contributed by atoms with Crippen molar-refractivity contribution in [2.24, 2.45) is 0 Å². The Kier molecular flexibility index (Phi) is 3.68. The van der Waals surface area contributed by atoms with Crippen molar-refractivity contribution in [1.82, 2.24) is 14.6 Å². The van der Waals surface area contributed by atoms with Crippen LogP contribution in [0, 0.1) is 6.92 Å². The number of aromatic nitrogens is 3. The van der Waals surface area contributed by atoms with Crippen molar-refractivity contribution in [1.29, 1.82) is 0 Å². The summed E-state index contributed by atoms with van der Waals surface area (Å²) in [6.07, 6.45) is 1.69. The van der Waals surface area contributed by atoms with Gasteiger partial charge in [0.15, 0.2) is 5.82 Å². The standard InChI is InChI=1S/C16H9Cl2N3O2S/c1-8-2-4-10(23-8)7-13-15(22)21-16(24-13)19-14(20-21)11-5-3-9(17)6-12(11)18/h2-7H,1H3/b13-7-. The summed E-state index contributed by atoms with van der Waals surface area (Å²) in [5, 5.41) is 5.23. The Hall–Kier alpha value is -2.15. The molecule has 5 nitrogen and oxygen atoms in total. The zero-order valence-corrected chi connectivity index (χ0v) is 14.6. The van der Waals surface area contributed by atoms with E-state index < -0.39 is 0 Å². The van der Waals surface area contributed by atoms with Gasteiger partial charge in [0.25, 0.3) is 5.56 Å². The lowest BCUT2D eigenvalue weighted by atomic mass is 10.2. The summed E-state index contributed by atoms with van der Waals surface area (Å²) in [6, 6.07) is 8.70. The first-order valence-electron chi connectivity index (χ1n) is 6.94. The van der Waals surface area contributed by atoms with E-state index in [-0.39, 0.29) is 5.56 Å². The Balaban J connectivity index is 1.84. The van der Waals surface area contributed by atoms with E-state index in [4.69, 9.17) is 27.6 Å². The maximum absolute atomic E-state index is 12.5. The zero-order valence-electron chi connectivity index (χ0n) is 12.3. The summed E-state index contributed by atoms with van der Waals surface area (Å²) < 4.78 is 7.25. The van der Waals surface area contributed by atoms with Gasteiger partial charge in [-0.3, -0.25) is 4.79 Å². The molecular weight excluding hydrogens is 369 g/mol. The molecule has 1 aromatic carbocycles. The highest BCUT2D eigenvalue weighted by Gasteiger charge is 2.14. The molecule has 0 N–H and O–H groups in total. The molecule has 8 heteroatoms. The molecule has 4 aromatic rings. The molecular formula is C16H9Cl2N3O2S. The number of furan rings is 1. The number of aryl methyl sites for hydroxylation is 1. The van der Waals surface area contributed by atoms with E-state index >= 15 is 0 Å². The second-order valence-corrected chi connectivity index (χ2v) is 6.97. The Morgan fingerprint density at radius 1 is 1.25 bits per heavy atom. The lowest BCUT2D eigenvalue weighted by Gasteiger charge is -1.98. The average Bonchev–Trinajstić information content (AvgIpc) is 3.18. The molecule has 0 amide bonds. The number of thiazole rings is 1. The van der Waals surface area contributed by atoms with Gasteiger partial charge in [-0.2, -0.15) is 9.50 Å². The number of hydrogen-bond acceptors (Lipinski definition) is 5. The molecule has 0 unspecified atom stereocenters. The molecule has 0 spiro atoms. The molecule has 0 bridgehead atoms. The van der Waals surface area contributed by atoms with Gasteiger partial charge in [-0.1, -0.05) is 34.5 Å². The van der Waals surface area contributed by atoms with Gasteiger partial charge in [0.2, 0.25) is 4.96 Å². The Labute approximate surface area is 149 Å². The topological polar surface area (TPSA) is 60.4 Å². The molecule has 0 aliphatic rings. The van der Waals surface area contributed by atoms with Gasteiger partial charge in [-0.25, -0.2) is 0 Å². The summed E-state index contributed by atoms with van der Waals surface area (Å²) >= 11 is 13.3. The SMILES string of the molecule is Cc1ccc(/C=c2\sc3nc(-c4ccc(Cl)cc4Cl)nn3c2=O)o1. The van der Waals surface area contributed by atoms with Crippen molar-refractivity contribution in [3.63, 3.8) is 0 Å². The normalized spacial score (nSPS) is 12.4. The van der Waals surface area contributed by atoms with E-state index in [1.165, 1.54) is 15.9 Å². The molecule has 0 atom stereocenters. The van der Waals surface area contributed by atoms with E-state index in [1.54, 1.807) is 24.3 Å². The smallest absolute Gasteiger partial charge is 0.291 e. The fraction of sp³-hybridized carbons (Fsp3) is 0.0625. The monoisotopic (exact) mass is 377 g/mol. The maximum Gasteiger partial charge on any atom is 0.291 e. The van der Waals surface area contributed by atoms with E-state index in [9.17, 15) is 4.79 Å². The van der Waals surface area contributed by atoms with Crippen LogP contribution in [0.25, 0.3) is 22.4 Å². The first-order valence-corrected chi connectivity index (χ1v) is 8.52. The van der Waals surface area contributed by atoms with Crippen LogP contribution in [0.1, 0.15) is 11.5 Å². The fourth-order valence-electron chi connectivity index (χ4n) is 2.28. The second kappa shape index (κ2) is 5.73. The third-order valence-corrected chi connectivity index (χ3v) is 4.90. The molecule has 24 heavy (non-hydrogen) atoms. The van der Waals surface area contributed by atoms with E-state index in [1.807, 2.05) is 19.1 Å². The van der Waals surface area contributed by atoms with Crippen LogP contribution in [0.3, 0.4) is 0 Å². The van der Waals surface area contributed by atoms with Crippen LogP contribution >= 0.6 is 34.5 Å². The highest BCUT2D eigenvalue weighted by Crippen LogP contribution is 2.28. The van der Waals surface area contributed by atoms with Crippen LogP contribution in [-0.2, 0) is 0 Å². The quantitative estimate of drug-likeness (QED) is 0.535.